The molecule has 16 heavy (non-hydrogen) atoms. The van der Waals surface area contributed by atoms with E-state index in [9.17, 15) is 9.59 Å². The minimum absolute atomic E-state index is 0.0115. The summed E-state index contributed by atoms with van der Waals surface area (Å²) in [6.45, 7) is 3.10. The molecule has 4 N–H and O–H groups in total. The van der Waals surface area contributed by atoms with Crippen molar-refractivity contribution in [2.24, 2.45) is 5.92 Å². The largest absolute Gasteiger partial charge is 0.481 e. The van der Waals surface area contributed by atoms with Crippen LogP contribution in [0.5, 0.6) is 0 Å². The predicted molar refractivity (Wildman–Crippen MR) is 57.0 cm³/mol. The van der Waals surface area contributed by atoms with Crippen LogP contribution < -0.4 is 0 Å². The summed E-state index contributed by atoms with van der Waals surface area (Å²) < 4.78 is 0. The van der Waals surface area contributed by atoms with Crippen LogP contribution in [0.1, 0.15) is 19.3 Å². The molecule has 0 heterocycles. The number of aliphatic carboxylic acids is 2. The second kappa shape index (κ2) is 11.7. The molecule has 6 nitrogen and oxygen atoms in total. The molecule has 0 saturated heterocycles. The number of carboxylic acids is 2. The van der Waals surface area contributed by atoms with Crippen LogP contribution in [-0.2, 0) is 9.59 Å². The molecule has 1 unspecified atom stereocenters. The highest BCUT2D eigenvalue weighted by atomic mass is 16.4. The van der Waals surface area contributed by atoms with Gasteiger partial charge in [-0.2, -0.15) is 0 Å². The zero-order valence-electron chi connectivity index (χ0n) is 9.00. The van der Waals surface area contributed by atoms with E-state index in [-0.39, 0.29) is 19.6 Å². The van der Waals surface area contributed by atoms with Crippen molar-refractivity contribution < 1.29 is 30.0 Å². The Balaban J connectivity index is 0. The van der Waals surface area contributed by atoms with Crippen molar-refractivity contribution in [1.29, 1.82) is 0 Å². The molecule has 0 radical (unpaired) electrons. The van der Waals surface area contributed by atoms with E-state index in [0.717, 1.165) is 0 Å². The Morgan fingerprint density at radius 1 is 1.19 bits per heavy atom. The van der Waals surface area contributed by atoms with E-state index in [1.54, 1.807) is 0 Å². The van der Waals surface area contributed by atoms with E-state index in [0.29, 0.717) is 12.8 Å². The summed E-state index contributed by atoms with van der Waals surface area (Å²) in [6.07, 6.45) is 2.05. The third-order valence-electron chi connectivity index (χ3n) is 1.61. The Labute approximate surface area is 93.8 Å². The molecule has 6 heteroatoms. The normalized spacial score (nSPS) is 10.9. The Morgan fingerprint density at radius 2 is 1.69 bits per heavy atom. The molecule has 0 spiro atoms. The molecular weight excluding hydrogens is 216 g/mol. The van der Waals surface area contributed by atoms with Gasteiger partial charge in [-0.1, -0.05) is 6.08 Å². The van der Waals surface area contributed by atoms with Crippen LogP contribution in [-0.4, -0.2) is 45.6 Å². The van der Waals surface area contributed by atoms with Gasteiger partial charge in [0.15, 0.2) is 0 Å². The van der Waals surface area contributed by atoms with Gasteiger partial charge in [0.05, 0.1) is 19.1 Å². The van der Waals surface area contributed by atoms with Crippen molar-refractivity contribution in [2.75, 3.05) is 13.2 Å². The van der Waals surface area contributed by atoms with Crippen molar-refractivity contribution in [3.8, 4) is 0 Å². The predicted octanol–water partition coefficient (Wildman–Crippen LogP) is 0.0991. The Hall–Kier alpha value is -1.40. The van der Waals surface area contributed by atoms with Crippen molar-refractivity contribution in [3.05, 3.63) is 12.7 Å². The van der Waals surface area contributed by atoms with E-state index in [2.05, 4.69) is 6.58 Å². The molecule has 0 amide bonds. The summed E-state index contributed by atoms with van der Waals surface area (Å²) in [4.78, 5) is 20.5. The first-order chi connectivity index (χ1) is 7.49. The molecule has 0 aliphatic rings. The Bertz CT molecular complexity index is 211. The lowest BCUT2D eigenvalue weighted by atomic mass is 10.0. The molecule has 94 valence electrons. The maximum Gasteiger partial charge on any atom is 0.310 e. The van der Waals surface area contributed by atoms with Gasteiger partial charge >= 0.3 is 11.9 Å². The van der Waals surface area contributed by atoms with Gasteiger partial charge < -0.3 is 20.4 Å². The fraction of sp³-hybridized carbons (Fsp3) is 0.600. The summed E-state index contributed by atoms with van der Waals surface area (Å²) in [6, 6.07) is 0. The zero-order valence-corrected chi connectivity index (χ0v) is 9.00. The summed E-state index contributed by atoms with van der Waals surface area (Å²) >= 11 is 0. The van der Waals surface area contributed by atoms with Crippen LogP contribution in [0.3, 0.4) is 0 Å². The Kier molecular flexibility index (Phi) is 12.4. The van der Waals surface area contributed by atoms with Gasteiger partial charge in [-0.25, -0.2) is 0 Å². The van der Waals surface area contributed by atoms with E-state index >= 15 is 0 Å². The number of hydrogen-bond donors (Lipinski definition) is 4. The molecule has 0 aromatic carbocycles. The lowest BCUT2D eigenvalue weighted by Crippen LogP contribution is -2.11. The smallest absolute Gasteiger partial charge is 0.310 e. The second-order valence-electron chi connectivity index (χ2n) is 2.91. The zero-order chi connectivity index (χ0) is 13.0. The number of aliphatic hydroxyl groups is 2. The highest BCUT2D eigenvalue weighted by Crippen LogP contribution is 2.09. The van der Waals surface area contributed by atoms with Crippen LogP contribution in [0.15, 0.2) is 12.7 Å². The fourth-order valence-electron chi connectivity index (χ4n) is 0.815. The van der Waals surface area contributed by atoms with Gasteiger partial charge in [0.25, 0.3) is 0 Å². The van der Waals surface area contributed by atoms with Crippen molar-refractivity contribution in [1.82, 2.24) is 0 Å². The van der Waals surface area contributed by atoms with Gasteiger partial charge in [-0.3, -0.25) is 9.59 Å². The van der Waals surface area contributed by atoms with Gasteiger partial charge in [0.2, 0.25) is 0 Å². The highest BCUT2D eigenvalue weighted by molar-refractivity contribution is 5.72. The van der Waals surface area contributed by atoms with E-state index in [4.69, 9.17) is 20.4 Å². The first-order valence-electron chi connectivity index (χ1n) is 4.78. The topological polar surface area (TPSA) is 115 Å². The Morgan fingerprint density at radius 3 is 1.94 bits per heavy atom. The SMILES string of the molecule is C=CC(CCCC(=O)O)C(=O)O.OCCO. The quantitative estimate of drug-likeness (QED) is 0.464. The summed E-state index contributed by atoms with van der Waals surface area (Å²) in [7, 11) is 0. The summed E-state index contributed by atoms with van der Waals surface area (Å²) in [5, 5.41) is 32.0. The van der Waals surface area contributed by atoms with Crippen LogP contribution in [0.2, 0.25) is 0 Å². The van der Waals surface area contributed by atoms with Crippen molar-refractivity contribution >= 4 is 11.9 Å². The molecular formula is C10H18O6. The minimum atomic E-state index is -0.949. The van der Waals surface area contributed by atoms with Crippen LogP contribution >= 0.6 is 0 Å². The standard InChI is InChI=1S/C8H12O4.C2H6O2/c1-2-6(8(11)12)4-3-5-7(9)10;3-1-2-4/h2,6H,1,3-5H2,(H,9,10)(H,11,12);3-4H,1-2H2. The number of aliphatic hydroxyl groups excluding tert-OH is 2. The summed E-state index contributed by atoms with van der Waals surface area (Å²) in [5.74, 6) is -2.47. The number of carbonyl (C=O) groups is 2. The first kappa shape index (κ1) is 17.0. The van der Waals surface area contributed by atoms with E-state index < -0.39 is 17.9 Å². The number of carboxylic acid groups (broad SMARTS) is 2. The third kappa shape index (κ3) is 12.6. The number of rotatable bonds is 7. The van der Waals surface area contributed by atoms with Crippen LogP contribution in [0.25, 0.3) is 0 Å². The van der Waals surface area contributed by atoms with Gasteiger partial charge in [-0.05, 0) is 12.8 Å². The molecule has 0 rings (SSSR count). The molecule has 0 aromatic rings. The average Bonchev–Trinajstić information content (AvgIpc) is 2.24. The number of hydrogen-bond acceptors (Lipinski definition) is 4. The van der Waals surface area contributed by atoms with E-state index in [1.807, 2.05) is 0 Å². The van der Waals surface area contributed by atoms with Crippen molar-refractivity contribution in [2.45, 2.75) is 19.3 Å². The van der Waals surface area contributed by atoms with Crippen molar-refractivity contribution in [3.63, 3.8) is 0 Å². The molecule has 0 saturated carbocycles. The van der Waals surface area contributed by atoms with Gasteiger partial charge in [0.1, 0.15) is 0 Å². The van der Waals surface area contributed by atoms with Gasteiger partial charge in [-0.15, -0.1) is 6.58 Å². The molecule has 0 aromatic heterocycles. The third-order valence-corrected chi connectivity index (χ3v) is 1.61. The summed E-state index contributed by atoms with van der Waals surface area (Å²) in [5.41, 5.74) is 0. The second-order valence-corrected chi connectivity index (χ2v) is 2.91. The maximum absolute atomic E-state index is 10.4. The molecule has 0 fully saturated rings. The first-order valence-corrected chi connectivity index (χ1v) is 4.78. The highest BCUT2D eigenvalue weighted by Gasteiger charge is 2.12. The lowest BCUT2D eigenvalue weighted by molar-refractivity contribution is -0.141. The molecule has 0 bridgehead atoms. The minimum Gasteiger partial charge on any atom is -0.481 e. The monoisotopic (exact) mass is 234 g/mol. The van der Waals surface area contributed by atoms with Crippen LogP contribution in [0.4, 0.5) is 0 Å². The fourth-order valence-corrected chi connectivity index (χ4v) is 0.815. The maximum atomic E-state index is 10.4. The molecule has 1 atom stereocenters. The van der Waals surface area contributed by atoms with E-state index in [1.165, 1.54) is 6.08 Å². The van der Waals surface area contributed by atoms with Crippen LogP contribution in [0, 0.1) is 5.92 Å². The molecule has 0 aliphatic heterocycles. The lowest BCUT2D eigenvalue weighted by Gasteiger charge is -2.04. The van der Waals surface area contributed by atoms with Gasteiger partial charge in [0, 0.05) is 6.42 Å². The average molecular weight is 234 g/mol. The molecule has 0 aliphatic carbocycles.